The van der Waals surface area contributed by atoms with E-state index in [2.05, 4.69) is 49.9 Å². The van der Waals surface area contributed by atoms with Gasteiger partial charge in [0.15, 0.2) is 0 Å². The quantitative estimate of drug-likeness (QED) is 0.0724. The second-order valence-electron chi connectivity index (χ2n) is 17.3. The fourth-order valence-corrected chi connectivity index (χ4v) is 9.43. The van der Waals surface area contributed by atoms with Gasteiger partial charge in [0, 0.05) is 76.0 Å². The molecule has 2 amide bonds. The highest BCUT2D eigenvalue weighted by Gasteiger charge is 2.26. The Kier molecular flexibility index (Phi) is 22.8. The number of ether oxygens (including phenoxy) is 4. The molecule has 1 saturated heterocycles. The van der Waals surface area contributed by atoms with Gasteiger partial charge in [0.05, 0.1) is 70.3 Å². The van der Waals surface area contributed by atoms with Gasteiger partial charge in [-0.15, -0.1) is 6.58 Å². The number of carbonyl (C=O) groups excluding carboxylic acids is 2. The van der Waals surface area contributed by atoms with Crippen LogP contribution in [0, 0.1) is 0 Å². The minimum Gasteiger partial charge on any atom is -0.477 e. The van der Waals surface area contributed by atoms with Crippen LogP contribution >= 0.6 is 11.8 Å². The highest BCUT2D eigenvalue weighted by atomic mass is 32.2. The predicted molar refractivity (Wildman–Crippen MR) is 269 cm³/mol. The fourth-order valence-electron chi connectivity index (χ4n) is 8.40. The molecule has 4 aromatic rings. The van der Waals surface area contributed by atoms with E-state index in [-0.39, 0.29) is 48.1 Å². The molecule has 2 aliphatic rings. The van der Waals surface area contributed by atoms with Crippen LogP contribution in [0.2, 0.25) is 0 Å². The van der Waals surface area contributed by atoms with Crippen molar-refractivity contribution in [3.05, 3.63) is 137 Å². The third-order valence-electron chi connectivity index (χ3n) is 12.2. The summed E-state index contributed by atoms with van der Waals surface area (Å²) in [6, 6.07) is 26.2. The van der Waals surface area contributed by atoms with Crippen molar-refractivity contribution in [3.8, 4) is 0 Å². The first kappa shape index (κ1) is 53.8. The van der Waals surface area contributed by atoms with Crippen LogP contribution in [0.15, 0.2) is 97.6 Å². The molecule has 0 saturated carbocycles. The summed E-state index contributed by atoms with van der Waals surface area (Å²) >= 11 is 1.79. The highest BCUT2D eigenvalue weighted by molar-refractivity contribution is 7.99. The topological polar surface area (TPSA) is 193 Å². The third kappa shape index (κ3) is 18.0. The third-order valence-corrected chi connectivity index (χ3v) is 13.3. The van der Waals surface area contributed by atoms with Crippen molar-refractivity contribution in [1.82, 2.24) is 25.1 Å². The lowest BCUT2D eigenvalue weighted by Crippen LogP contribution is -2.35. The van der Waals surface area contributed by atoms with E-state index in [1.165, 1.54) is 17.7 Å². The molecule has 1 unspecified atom stereocenters. The number of rotatable bonds is 18. The van der Waals surface area contributed by atoms with E-state index in [0.29, 0.717) is 116 Å². The van der Waals surface area contributed by atoms with Gasteiger partial charge < -0.3 is 39.4 Å². The zero-order valence-electron chi connectivity index (χ0n) is 40.1. The number of hydrogen-bond acceptors (Lipinski definition) is 13. The highest BCUT2D eigenvalue weighted by Crippen LogP contribution is 2.35. The van der Waals surface area contributed by atoms with Crippen molar-refractivity contribution in [3.63, 3.8) is 0 Å². The summed E-state index contributed by atoms with van der Waals surface area (Å²) < 4.78 is 24.5. The van der Waals surface area contributed by atoms with Crippen LogP contribution in [0.1, 0.15) is 87.1 Å². The Hall–Kier alpha value is -5.53. The predicted octanol–water partition coefficient (Wildman–Crippen LogP) is 6.48. The second kappa shape index (κ2) is 29.6. The Morgan fingerprint density at radius 1 is 0.700 bits per heavy atom. The molecule has 0 aliphatic carbocycles. The molecule has 2 aliphatic heterocycles. The number of fused-ring (bicyclic) bond motifs is 2. The average molecular weight is 981 g/mol. The van der Waals surface area contributed by atoms with Crippen molar-refractivity contribution in [2.45, 2.75) is 70.2 Å². The number of anilines is 1. The van der Waals surface area contributed by atoms with Crippen LogP contribution in [-0.4, -0.2) is 150 Å². The maximum atomic E-state index is 13.7. The van der Waals surface area contributed by atoms with Gasteiger partial charge in [0.25, 0.3) is 0 Å². The summed E-state index contributed by atoms with van der Waals surface area (Å²) in [5, 5.41) is 22.0. The Morgan fingerprint density at radius 2 is 1.31 bits per heavy atom. The molecule has 1 fully saturated rings. The minimum absolute atomic E-state index is 0.00246. The molecule has 70 heavy (non-hydrogen) atoms. The monoisotopic (exact) mass is 980 g/mol. The molecule has 2 aromatic heterocycles. The van der Waals surface area contributed by atoms with Gasteiger partial charge in [0.2, 0.25) is 11.8 Å². The standard InChI is InChI=1S/C53H68N6O10S/c1-2-40-34-41-12-5-7-19-49(41)59(35-42-13-4-6-16-46(40)42)51(61)21-20-50(60)54-22-8-3-9-33-70-39-45-38-68-29-25-57(36-43-14-10-17-47(55-43)52(62)63)23-27-66-31-32-67-28-24-58(26-30-69-45)37-44-15-11-18-48(56-44)53(64)65/h2,4-7,10-19,40,45H,1,3,8-9,20-39H2,(H,54,60)(H,62,63)(H,64,65)/t40?,45-/m0/s1. The zero-order valence-corrected chi connectivity index (χ0v) is 40.9. The summed E-state index contributed by atoms with van der Waals surface area (Å²) in [4.78, 5) is 64.5. The maximum absolute atomic E-state index is 13.7. The van der Waals surface area contributed by atoms with Crippen molar-refractivity contribution < 1.29 is 48.3 Å². The fraction of sp³-hybridized carbons (Fsp3) is 0.472. The van der Waals surface area contributed by atoms with Gasteiger partial charge in [0.1, 0.15) is 11.4 Å². The van der Waals surface area contributed by atoms with E-state index < -0.39 is 11.9 Å². The van der Waals surface area contributed by atoms with Crippen molar-refractivity contribution in [2.24, 2.45) is 0 Å². The van der Waals surface area contributed by atoms with Crippen molar-refractivity contribution >= 4 is 41.2 Å². The van der Waals surface area contributed by atoms with Gasteiger partial charge in [-0.2, -0.15) is 11.8 Å². The number of unbranched alkanes of at least 4 members (excludes halogenated alkanes) is 2. The number of pyridine rings is 2. The Bertz CT molecular complexity index is 2300. The lowest BCUT2D eigenvalue weighted by molar-refractivity contribution is -0.125. The molecule has 16 nitrogen and oxygen atoms in total. The van der Waals surface area contributed by atoms with E-state index in [4.69, 9.17) is 18.9 Å². The van der Waals surface area contributed by atoms with Crippen LogP contribution in [0.3, 0.4) is 0 Å². The molecule has 4 heterocycles. The van der Waals surface area contributed by atoms with Gasteiger partial charge in [-0.1, -0.05) is 67.1 Å². The van der Waals surface area contributed by atoms with E-state index in [1.54, 1.807) is 23.9 Å². The summed E-state index contributed by atoms with van der Waals surface area (Å²) in [5.41, 5.74) is 5.51. The van der Waals surface area contributed by atoms with E-state index >= 15 is 0 Å². The number of para-hydroxylation sites is 1. The summed E-state index contributed by atoms with van der Waals surface area (Å²) in [7, 11) is 0. The second-order valence-corrected chi connectivity index (χ2v) is 18.5. The molecule has 376 valence electrons. The molecule has 3 N–H and O–H groups in total. The average Bonchev–Trinajstić information content (AvgIpc) is 3.36. The number of allylic oxidation sites excluding steroid dienone is 1. The normalized spacial score (nSPS) is 18.2. The van der Waals surface area contributed by atoms with E-state index in [1.807, 2.05) is 53.4 Å². The van der Waals surface area contributed by atoms with Crippen molar-refractivity contribution in [2.75, 3.05) is 95.4 Å². The smallest absolute Gasteiger partial charge is 0.354 e. The van der Waals surface area contributed by atoms with Crippen molar-refractivity contribution in [1.29, 1.82) is 0 Å². The Morgan fingerprint density at radius 3 is 1.97 bits per heavy atom. The van der Waals surface area contributed by atoms with Crippen LogP contribution in [0.4, 0.5) is 5.69 Å². The lowest BCUT2D eigenvalue weighted by Gasteiger charge is -2.31. The van der Waals surface area contributed by atoms with Gasteiger partial charge in [-0.25, -0.2) is 19.6 Å². The number of aromatic carboxylic acids is 2. The first-order valence-electron chi connectivity index (χ1n) is 24.3. The minimum atomic E-state index is -1.08. The number of hydrogen-bond donors (Lipinski definition) is 3. The van der Waals surface area contributed by atoms with Crippen LogP contribution < -0.4 is 10.2 Å². The number of aromatic nitrogens is 2. The Labute approximate surface area is 415 Å². The molecule has 2 atom stereocenters. The maximum Gasteiger partial charge on any atom is 0.354 e. The number of nitrogens with one attached hydrogen (secondary N) is 1. The summed E-state index contributed by atoms with van der Waals surface area (Å²) in [6.45, 7) is 11.1. The molecule has 2 aromatic carbocycles. The van der Waals surface area contributed by atoms with Crippen LogP contribution in [0.25, 0.3) is 0 Å². The first-order valence-corrected chi connectivity index (χ1v) is 25.4. The number of carboxylic acids is 2. The number of thioether (sulfide) groups is 1. The van der Waals surface area contributed by atoms with Crippen LogP contribution in [0.5, 0.6) is 0 Å². The molecular weight excluding hydrogens is 913 g/mol. The number of benzene rings is 2. The largest absolute Gasteiger partial charge is 0.477 e. The van der Waals surface area contributed by atoms with Crippen LogP contribution in [-0.2, 0) is 54.6 Å². The number of nitrogens with zero attached hydrogens (tertiary/aromatic N) is 5. The molecule has 0 spiro atoms. The summed E-state index contributed by atoms with van der Waals surface area (Å²) in [6.07, 6.45) is 5.49. The summed E-state index contributed by atoms with van der Waals surface area (Å²) in [5.74, 6) is -0.589. The van der Waals surface area contributed by atoms with Gasteiger partial charge in [-0.05, 0) is 72.0 Å². The van der Waals surface area contributed by atoms with E-state index in [0.717, 1.165) is 48.3 Å². The van der Waals surface area contributed by atoms with Gasteiger partial charge >= 0.3 is 11.9 Å². The number of carboxylic acid groups (broad SMARTS) is 2. The van der Waals surface area contributed by atoms with Gasteiger partial charge in [-0.3, -0.25) is 19.4 Å². The molecule has 0 radical (unpaired) electrons. The zero-order chi connectivity index (χ0) is 49.3. The molecule has 17 heteroatoms. The Balaban J connectivity index is 0.952. The number of carbonyl (C=O) groups is 4. The molecule has 0 bridgehead atoms. The molecular formula is C53H68N6O10S. The number of amides is 2. The SMILES string of the molecule is C=CC1Cc2ccccc2N(C(=O)CCC(=O)NCCCCCSC[C@@H]2COCCN(Cc3cccc(C(=O)O)n3)CCOCCOCCN(Cc3cccc(C(=O)O)n3)CCO2)Cc2ccccc21. The lowest BCUT2D eigenvalue weighted by atomic mass is 9.86. The first-order chi connectivity index (χ1) is 34.2. The molecule has 6 rings (SSSR count). The van der Waals surface area contributed by atoms with E-state index in [9.17, 15) is 29.4 Å².